The monoisotopic (exact) mass is 397 g/mol. The molecule has 0 aliphatic heterocycles. The predicted octanol–water partition coefficient (Wildman–Crippen LogP) is 3.94. The zero-order valence-electron chi connectivity index (χ0n) is 16.3. The number of nitrogens with zero attached hydrogens (tertiary/aromatic N) is 2. The van der Waals surface area contributed by atoms with Gasteiger partial charge in [-0.1, -0.05) is 48.5 Å². The van der Waals surface area contributed by atoms with E-state index in [1.54, 1.807) is 42.7 Å². The van der Waals surface area contributed by atoms with Gasteiger partial charge in [-0.3, -0.25) is 9.78 Å². The topological polar surface area (TPSA) is 81.2 Å². The second-order valence-electron chi connectivity index (χ2n) is 6.65. The lowest BCUT2D eigenvalue weighted by atomic mass is 10.0. The number of aromatic nitrogens is 2. The van der Waals surface area contributed by atoms with E-state index in [0.29, 0.717) is 27.7 Å². The van der Waals surface area contributed by atoms with Gasteiger partial charge in [0.2, 0.25) is 0 Å². The average Bonchev–Trinajstić information content (AvgIpc) is 2.82. The van der Waals surface area contributed by atoms with Crippen molar-refractivity contribution in [2.45, 2.75) is 6.04 Å². The molecule has 148 valence electrons. The van der Waals surface area contributed by atoms with E-state index in [9.17, 15) is 9.59 Å². The molecule has 0 unspecified atom stereocenters. The summed E-state index contributed by atoms with van der Waals surface area (Å²) in [5.41, 5.74) is 3.25. The molecular weight excluding hydrogens is 378 g/mol. The van der Waals surface area contributed by atoms with Crippen LogP contribution in [-0.4, -0.2) is 29.0 Å². The summed E-state index contributed by atoms with van der Waals surface area (Å²) in [6.45, 7) is 0. The highest BCUT2D eigenvalue weighted by Crippen LogP contribution is 2.25. The first-order valence-corrected chi connectivity index (χ1v) is 9.41. The SMILES string of the molecule is COC(=O)[C@H](NC(=O)c1cc(-c2ccncc2)nc2ccccc12)c1ccccc1. The van der Waals surface area contributed by atoms with E-state index in [-0.39, 0.29) is 5.91 Å². The van der Waals surface area contributed by atoms with Gasteiger partial charge in [-0.2, -0.15) is 0 Å². The fourth-order valence-corrected chi connectivity index (χ4v) is 3.28. The molecule has 4 aromatic rings. The highest BCUT2D eigenvalue weighted by molar-refractivity contribution is 6.08. The van der Waals surface area contributed by atoms with Crippen LogP contribution >= 0.6 is 0 Å². The summed E-state index contributed by atoms with van der Waals surface area (Å²) in [6, 6.07) is 20.9. The molecular formula is C24H19N3O3. The highest BCUT2D eigenvalue weighted by atomic mass is 16.5. The van der Waals surface area contributed by atoms with Crippen molar-refractivity contribution < 1.29 is 14.3 Å². The predicted molar refractivity (Wildman–Crippen MR) is 114 cm³/mol. The fraction of sp³-hybridized carbons (Fsp3) is 0.0833. The maximum Gasteiger partial charge on any atom is 0.333 e. The van der Waals surface area contributed by atoms with Crippen LogP contribution in [0.2, 0.25) is 0 Å². The lowest BCUT2D eigenvalue weighted by Crippen LogP contribution is -2.34. The molecule has 1 amide bonds. The van der Waals surface area contributed by atoms with Crippen LogP contribution in [0.3, 0.4) is 0 Å². The second kappa shape index (κ2) is 8.53. The molecule has 1 atom stereocenters. The number of methoxy groups -OCH3 is 1. The lowest BCUT2D eigenvalue weighted by Gasteiger charge is -2.18. The molecule has 30 heavy (non-hydrogen) atoms. The molecule has 0 saturated heterocycles. The first-order valence-electron chi connectivity index (χ1n) is 9.41. The normalized spacial score (nSPS) is 11.6. The molecule has 0 spiro atoms. The van der Waals surface area contributed by atoms with Crippen molar-refractivity contribution in [2.75, 3.05) is 7.11 Å². The molecule has 0 saturated carbocycles. The van der Waals surface area contributed by atoms with Crippen LogP contribution in [0.5, 0.6) is 0 Å². The van der Waals surface area contributed by atoms with E-state index in [4.69, 9.17) is 4.74 Å². The first-order chi connectivity index (χ1) is 14.7. The molecule has 1 N–H and O–H groups in total. The second-order valence-corrected chi connectivity index (χ2v) is 6.65. The summed E-state index contributed by atoms with van der Waals surface area (Å²) in [5, 5.41) is 3.52. The van der Waals surface area contributed by atoms with Gasteiger partial charge in [0.15, 0.2) is 6.04 Å². The van der Waals surface area contributed by atoms with Crippen molar-refractivity contribution in [3.63, 3.8) is 0 Å². The summed E-state index contributed by atoms with van der Waals surface area (Å²) in [7, 11) is 1.30. The van der Waals surface area contributed by atoms with E-state index in [1.165, 1.54) is 7.11 Å². The number of hydrogen-bond acceptors (Lipinski definition) is 5. The van der Waals surface area contributed by atoms with Gasteiger partial charge in [0, 0.05) is 23.3 Å². The number of carbonyl (C=O) groups is 2. The number of para-hydroxylation sites is 1. The van der Waals surface area contributed by atoms with Gasteiger partial charge in [0.1, 0.15) is 0 Å². The zero-order chi connectivity index (χ0) is 20.9. The van der Waals surface area contributed by atoms with Crippen molar-refractivity contribution in [3.05, 3.63) is 96.3 Å². The zero-order valence-corrected chi connectivity index (χ0v) is 16.3. The van der Waals surface area contributed by atoms with Gasteiger partial charge in [-0.25, -0.2) is 9.78 Å². The van der Waals surface area contributed by atoms with Crippen molar-refractivity contribution >= 4 is 22.8 Å². The third-order valence-electron chi connectivity index (χ3n) is 4.78. The molecule has 0 fully saturated rings. The Balaban J connectivity index is 1.77. The Labute approximate surface area is 173 Å². The number of esters is 1. The van der Waals surface area contributed by atoms with Crippen LogP contribution in [0.4, 0.5) is 0 Å². The van der Waals surface area contributed by atoms with Crippen LogP contribution in [0, 0.1) is 0 Å². The summed E-state index contributed by atoms with van der Waals surface area (Å²) in [5.74, 6) is -0.926. The molecule has 0 radical (unpaired) electrons. The van der Waals surface area contributed by atoms with E-state index in [0.717, 1.165) is 5.56 Å². The number of amides is 1. The third-order valence-corrected chi connectivity index (χ3v) is 4.78. The van der Waals surface area contributed by atoms with Gasteiger partial charge in [-0.05, 0) is 29.8 Å². The van der Waals surface area contributed by atoms with E-state index >= 15 is 0 Å². The molecule has 2 aromatic heterocycles. The van der Waals surface area contributed by atoms with Crippen molar-refractivity contribution in [2.24, 2.45) is 0 Å². The summed E-state index contributed by atoms with van der Waals surface area (Å²) in [4.78, 5) is 34.4. The minimum Gasteiger partial charge on any atom is -0.467 e. The minimum absolute atomic E-state index is 0.386. The molecule has 2 aromatic carbocycles. The number of fused-ring (bicyclic) bond motifs is 1. The maximum atomic E-state index is 13.3. The lowest BCUT2D eigenvalue weighted by molar-refractivity contribution is -0.143. The molecule has 0 aliphatic rings. The summed E-state index contributed by atoms with van der Waals surface area (Å²) >= 11 is 0. The molecule has 6 nitrogen and oxygen atoms in total. The Morgan fingerprint density at radius 2 is 1.63 bits per heavy atom. The number of hydrogen-bond donors (Lipinski definition) is 1. The Bertz CT molecular complexity index is 1190. The number of nitrogens with one attached hydrogen (secondary N) is 1. The summed E-state index contributed by atoms with van der Waals surface area (Å²) in [6.07, 6.45) is 3.35. The number of rotatable bonds is 5. The van der Waals surface area contributed by atoms with Crippen LogP contribution in [0.25, 0.3) is 22.2 Å². The van der Waals surface area contributed by atoms with Gasteiger partial charge < -0.3 is 10.1 Å². The van der Waals surface area contributed by atoms with Gasteiger partial charge in [0.05, 0.1) is 23.9 Å². The molecule has 0 aliphatic carbocycles. The number of pyridine rings is 2. The standard InChI is InChI=1S/C24H19N3O3/c1-30-24(29)22(17-7-3-2-4-8-17)27-23(28)19-15-21(16-11-13-25-14-12-16)26-20-10-6-5-9-18(19)20/h2-15,22H,1H3,(H,27,28)/t22-/m1/s1. The first kappa shape index (κ1) is 19.3. The van der Waals surface area contributed by atoms with Crippen LogP contribution in [0.15, 0.2) is 85.2 Å². The van der Waals surface area contributed by atoms with Crippen molar-refractivity contribution in [1.82, 2.24) is 15.3 Å². The highest BCUT2D eigenvalue weighted by Gasteiger charge is 2.25. The fourth-order valence-electron chi connectivity index (χ4n) is 3.28. The van der Waals surface area contributed by atoms with Crippen LogP contribution < -0.4 is 5.32 Å². The van der Waals surface area contributed by atoms with E-state index in [1.807, 2.05) is 42.5 Å². The van der Waals surface area contributed by atoms with Gasteiger partial charge >= 0.3 is 5.97 Å². The number of ether oxygens (including phenoxy) is 1. The van der Waals surface area contributed by atoms with Crippen LogP contribution in [0.1, 0.15) is 22.0 Å². The Kier molecular flexibility index (Phi) is 5.48. The Morgan fingerprint density at radius 1 is 0.933 bits per heavy atom. The van der Waals surface area contributed by atoms with Gasteiger partial charge in [-0.15, -0.1) is 0 Å². The number of benzene rings is 2. The van der Waals surface area contributed by atoms with E-state index < -0.39 is 12.0 Å². The smallest absolute Gasteiger partial charge is 0.333 e. The molecule has 6 heteroatoms. The quantitative estimate of drug-likeness (QED) is 0.516. The third kappa shape index (κ3) is 3.89. The van der Waals surface area contributed by atoms with E-state index in [2.05, 4.69) is 15.3 Å². The number of carbonyl (C=O) groups excluding carboxylic acids is 2. The Hall–Kier alpha value is -4.06. The van der Waals surface area contributed by atoms with Crippen molar-refractivity contribution in [3.8, 4) is 11.3 Å². The molecule has 0 bridgehead atoms. The van der Waals surface area contributed by atoms with Crippen LogP contribution in [-0.2, 0) is 9.53 Å². The van der Waals surface area contributed by atoms with Crippen molar-refractivity contribution in [1.29, 1.82) is 0 Å². The largest absolute Gasteiger partial charge is 0.467 e. The molecule has 4 rings (SSSR count). The average molecular weight is 397 g/mol. The molecule has 2 heterocycles. The summed E-state index contributed by atoms with van der Waals surface area (Å²) < 4.78 is 4.91. The Morgan fingerprint density at radius 3 is 2.37 bits per heavy atom. The maximum absolute atomic E-state index is 13.3. The minimum atomic E-state index is -0.917. The van der Waals surface area contributed by atoms with Gasteiger partial charge in [0.25, 0.3) is 5.91 Å².